The van der Waals surface area contributed by atoms with E-state index in [1.807, 2.05) is 18.0 Å². The molecule has 2 aromatic carbocycles. The number of thiophene rings is 1. The lowest BCUT2D eigenvalue weighted by molar-refractivity contribution is -0.138. The summed E-state index contributed by atoms with van der Waals surface area (Å²) in [6.45, 7) is 5.85. The number of halogens is 5. The molecule has 2 aliphatic heterocycles. The van der Waals surface area contributed by atoms with Crippen LogP contribution in [0.5, 0.6) is 5.75 Å². The predicted octanol–water partition coefficient (Wildman–Crippen LogP) is 5.95. The molecular weight excluding hydrogens is 693 g/mol. The molecule has 7 rings (SSSR count). The number of aliphatic hydroxyl groups excluding tert-OH is 1. The minimum absolute atomic E-state index is 0.0369. The zero-order chi connectivity index (χ0) is 36.8. The first-order valence-corrected chi connectivity index (χ1v) is 16.8. The first-order chi connectivity index (χ1) is 24.3. The second-order valence-corrected chi connectivity index (χ2v) is 13.1. The van der Waals surface area contributed by atoms with E-state index in [2.05, 4.69) is 14.9 Å². The molecule has 3 aromatic heterocycles. The van der Waals surface area contributed by atoms with Gasteiger partial charge in [0.15, 0.2) is 5.82 Å². The van der Waals surface area contributed by atoms with Crippen LogP contribution in [-0.2, 0) is 6.18 Å². The van der Waals surface area contributed by atoms with Crippen molar-refractivity contribution in [3.63, 3.8) is 0 Å². The first-order valence-electron chi connectivity index (χ1n) is 16.0. The number of hydrogen-bond acceptors (Lipinski definition) is 12. The normalized spacial score (nSPS) is 15.6. The summed E-state index contributed by atoms with van der Waals surface area (Å²) in [5, 5.41) is 16.9. The third-order valence-electron chi connectivity index (χ3n) is 8.92. The van der Waals surface area contributed by atoms with E-state index in [1.54, 1.807) is 30.9 Å². The van der Waals surface area contributed by atoms with Gasteiger partial charge in [-0.25, -0.2) is 18.7 Å². The largest absolute Gasteiger partial charge is 0.490 e. The van der Waals surface area contributed by atoms with Gasteiger partial charge >= 0.3 is 6.18 Å². The van der Waals surface area contributed by atoms with Crippen LogP contribution in [0, 0.1) is 23.0 Å². The van der Waals surface area contributed by atoms with E-state index in [4.69, 9.17) is 26.3 Å². The summed E-state index contributed by atoms with van der Waals surface area (Å²) in [7, 11) is 1.96. The van der Waals surface area contributed by atoms with Gasteiger partial charge in [-0.05, 0) is 38.6 Å². The highest BCUT2D eigenvalue weighted by Gasteiger charge is 2.44. The molecule has 5 heterocycles. The summed E-state index contributed by atoms with van der Waals surface area (Å²) < 4.78 is 84.0. The molecule has 0 saturated carbocycles. The van der Waals surface area contributed by atoms with Crippen LogP contribution in [0.3, 0.4) is 0 Å². The Morgan fingerprint density at radius 3 is 2.43 bits per heavy atom. The number of nitrogens with zero attached hydrogens (tertiary/aromatic N) is 7. The molecule has 0 unspecified atom stereocenters. The molecule has 0 aliphatic carbocycles. The van der Waals surface area contributed by atoms with Gasteiger partial charge in [0.2, 0.25) is 5.95 Å². The van der Waals surface area contributed by atoms with Gasteiger partial charge in [-0.3, -0.25) is 0 Å². The lowest BCUT2D eigenvalue weighted by atomic mass is 9.91. The van der Waals surface area contributed by atoms with E-state index in [0.717, 1.165) is 12.1 Å². The lowest BCUT2D eigenvalue weighted by Crippen LogP contribution is -2.45. The van der Waals surface area contributed by atoms with Crippen LogP contribution in [0.1, 0.15) is 36.6 Å². The Morgan fingerprint density at radius 2 is 1.78 bits per heavy atom. The Hall–Kier alpha value is -5.05. The van der Waals surface area contributed by atoms with Crippen molar-refractivity contribution >= 4 is 54.9 Å². The number of hydrogen-bond donors (Lipinski definition) is 3. The third kappa shape index (κ3) is 6.28. The predicted molar refractivity (Wildman–Crippen MR) is 187 cm³/mol. The number of nitriles is 1. The number of fused-ring (bicyclic) bond motifs is 1. The van der Waals surface area contributed by atoms with Crippen LogP contribution in [0.2, 0.25) is 0 Å². The van der Waals surface area contributed by atoms with Crippen molar-refractivity contribution in [1.82, 2.24) is 19.9 Å². The summed E-state index contributed by atoms with van der Waals surface area (Å²) >= 11 is 0.700. The standard InChI is InChI=1S/C32H28F5N9OS.C2H6O/c1-15(16-4-3-7-41-28(16)39)46-12-13-47-26-22-25(42-31(43-30(22)46)45-10-8-44(2)9-11-45)24(34)21(23(26)32(35,36)37)17-5-6-19(33)27-20(17)18(14-38)29(40)48-27;1-2-3/h3-7,15H,8-13,40H2,1-2H3,(H2,39,41);3H,2H2,1H3/t15-;/m1./s1. The van der Waals surface area contributed by atoms with Crippen molar-refractivity contribution in [3.05, 3.63) is 58.8 Å². The number of aliphatic hydroxyl groups is 1. The fourth-order valence-electron chi connectivity index (χ4n) is 6.48. The number of nitrogen functional groups attached to an aromatic ring is 2. The zero-order valence-corrected chi connectivity index (χ0v) is 28.7. The number of aromatic nitrogens is 3. The van der Waals surface area contributed by atoms with Gasteiger partial charge in [0, 0.05) is 55.5 Å². The van der Waals surface area contributed by atoms with Gasteiger partial charge in [-0.15, -0.1) is 11.3 Å². The Bertz CT molecular complexity index is 2160. The molecule has 0 radical (unpaired) electrons. The monoisotopic (exact) mass is 727 g/mol. The molecule has 5 aromatic rings. The molecule has 268 valence electrons. The molecule has 2 aliphatic rings. The molecule has 1 fully saturated rings. The van der Waals surface area contributed by atoms with Crippen molar-refractivity contribution in [2.24, 2.45) is 0 Å². The number of benzene rings is 2. The maximum atomic E-state index is 17.3. The zero-order valence-electron chi connectivity index (χ0n) is 27.9. The smallest absolute Gasteiger partial charge is 0.420 e. The summed E-state index contributed by atoms with van der Waals surface area (Å²) in [6, 6.07) is 6.69. The van der Waals surface area contributed by atoms with Crippen molar-refractivity contribution in [2.45, 2.75) is 26.1 Å². The van der Waals surface area contributed by atoms with E-state index >= 15 is 17.6 Å². The Kier molecular flexibility index (Phi) is 9.77. The van der Waals surface area contributed by atoms with Crippen molar-refractivity contribution in [3.8, 4) is 22.9 Å². The van der Waals surface area contributed by atoms with Gasteiger partial charge in [-0.1, -0.05) is 12.1 Å². The average Bonchev–Trinajstić information content (AvgIpc) is 3.32. The van der Waals surface area contributed by atoms with E-state index in [1.165, 1.54) is 6.20 Å². The van der Waals surface area contributed by atoms with Crippen LogP contribution >= 0.6 is 11.3 Å². The van der Waals surface area contributed by atoms with Crippen LogP contribution in [0.4, 0.5) is 44.5 Å². The second kappa shape index (κ2) is 13.9. The summed E-state index contributed by atoms with van der Waals surface area (Å²) in [5.41, 5.74) is 9.42. The number of ether oxygens (including phenoxy) is 1. The highest BCUT2D eigenvalue weighted by atomic mass is 32.1. The SMILES string of the molecule is CCO.C[C@H](c1cccnc1N)N1CCOc2c(C(F)(F)F)c(-c3ccc(F)c4sc(N)c(C#N)c34)c(F)c3nc(N4CCN(C)CC4)nc1c23. The van der Waals surface area contributed by atoms with Gasteiger partial charge in [0.1, 0.15) is 52.0 Å². The molecule has 0 bridgehead atoms. The number of alkyl halides is 3. The average molecular weight is 728 g/mol. The summed E-state index contributed by atoms with van der Waals surface area (Å²) in [6.07, 6.45) is -3.64. The van der Waals surface area contributed by atoms with Crippen molar-refractivity contribution < 1.29 is 31.8 Å². The first kappa shape index (κ1) is 35.8. The van der Waals surface area contributed by atoms with Gasteiger partial charge in [0.05, 0.1) is 28.2 Å². The van der Waals surface area contributed by atoms with Crippen LogP contribution < -0.4 is 26.0 Å². The maximum absolute atomic E-state index is 17.3. The highest BCUT2D eigenvalue weighted by molar-refractivity contribution is 7.23. The molecule has 51 heavy (non-hydrogen) atoms. The fourth-order valence-corrected chi connectivity index (χ4v) is 7.43. The van der Waals surface area contributed by atoms with Crippen LogP contribution in [-0.4, -0.2) is 77.9 Å². The minimum Gasteiger partial charge on any atom is -0.490 e. The van der Waals surface area contributed by atoms with Gasteiger partial charge < -0.3 is 36.0 Å². The molecule has 1 atom stereocenters. The van der Waals surface area contributed by atoms with E-state index < -0.39 is 46.2 Å². The van der Waals surface area contributed by atoms with E-state index in [9.17, 15) is 9.65 Å². The molecule has 5 N–H and O–H groups in total. The summed E-state index contributed by atoms with van der Waals surface area (Å²) in [4.78, 5) is 19.2. The Labute approximate surface area is 293 Å². The highest BCUT2D eigenvalue weighted by Crippen LogP contribution is 2.53. The number of anilines is 4. The summed E-state index contributed by atoms with van der Waals surface area (Å²) in [5.74, 6) is -2.41. The molecule has 1 saturated heterocycles. The maximum Gasteiger partial charge on any atom is 0.420 e. The number of rotatable bonds is 4. The lowest BCUT2D eigenvalue weighted by Gasteiger charge is -2.34. The van der Waals surface area contributed by atoms with E-state index in [-0.39, 0.29) is 68.9 Å². The molecule has 0 amide bonds. The Morgan fingerprint density at radius 1 is 1.08 bits per heavy atom. The van der Waals surface area contributed by atoms with Crippen molar-refractivity contribution in [2.75, 3.05) is 74.3 Å². The van der Waals surface area contributed by atoms with Gasteiger partial charge in [-0.2, -0.15) is 23.4 Å². The number of likely N-dealkylation sites (N-methyl/N-ethyl adjacent to an activating group) is 1. The quantitative estimate of drug-likeness (QED) is 0.188. The molecule has 0 spiro atoms. The molecule has 17 heteroatoms. The molecule has 11 nitrogen and oxygen atoms in total. The second-order valence-electron chi connectivity index (χ2n) is 12.0. The molecular formula is C34H34F5N9O2S. The van der Waals surface area contributed by atoms with Crippen molar-refractivity contribution in [1.29, 1.82) is 5.26 Å². The Balaban J connectivity index is 0.00000144. The minimum atomic E-state index is -5.17. The topological polar surface area (TPSA) is 154 Å². The van der Waals surface area contributed by atoms with E-state index in [0.29, 0.717) is 43.1 Å². The van der Waals surface area contributed by atoms with Crippen LogP contribution in [0.25, 0.3) is 32.1 Å². The number of piperazine rings is 1. The number of pyridine rings is 1. The van der Waals surface area contributed by atoms with Crippen LogP contribution in [0.15, 0.2) is 30.5 Å². The third-order valence-corrected chi connectivity index (χ3v) is 9.95. The van der Waals surface area contributed by atoms with Gasteiger partial charge in [0.25, 0.3) is 0 Å². The fraction of sp³-hybridized carbons (Fsp3) is 0.353. The number of nitrogens with two attached hydrogens (primary N) is 2.